The third kappa shape index (κ3) is 7.45. The molecule has 1 atom stereocenters. The largest absolute Gasteiger partial charge is 0.383 e. The Bertz CT molecular complexity index is 306. The minimum Gasteiger partial charge on any atom is -0.383 e. The molecule has 0 radical (unpaired) electrons. The lowest BCUT2D eigenvalue weighted by Crippen LogP contribution is -2.48. The van der Waals surface area contributed by atoms with Crippen LogP contribution in [0.25, 0.3) is 0 Å². The Morgan fingerprint density at radius 2 is 1.85 bits per heavy atom. The summed E-state index contributed by atoms with van der Waals surface area (Å²) < 4.78 is 5.00. The van der Waals surface area contributed by atoms with E-state index in [1.54, 1.807) is 12.0 Å². The van der Waals surface area contributed by atoms with E-state index in [2.05, 4.69) is 5.32 Å². The molecule has 0 bridgehead atoms. The number of rotatable bonds is 9. The fourth-order valence-corrected chi connectivity index (χ4v) is 1.66. The molecule has 2 amide bonds. The van der Waals surface area contributed by atoms with Crippen LogP contribution in [0.4, 0.5) is 0 Å². The van der Waals surface area contributed by atoms with Crippen molar-refractivity contribution in [2.45, 2.75) is 33.7 Å². The van der Waals surface area contributed by atoms with Gasteiger partial charge in [-0.15, -0.1) is 0 Å². The van der Waals surface area contributed by atoms with Crippen molar-refractivity contribution in [2.75, 3.05) is 33.4 Å². The molecule has 0 saturated heterocycles. The van der Waals surface area contributed by atoms with E-state index in [1.807, 2.05) is 27.7 Å². The summed E-state index contributed by atoms with van der Waals surface area (Å²) in [5.74, 6) is 0.0134. The molecule has 0 saturated carbocycles. The average Bonchev–Trinajstić information content (AvgIpc) is 2.38. The molecule has 0 unspecified atom stereocenters. The van der Waals surface area contributed by atoms with Crippen LogP contribution in [-0.2, 0) is 14.3 Å². The highest BCUT2D eigenvalue weighted by atomic mass is 16.5. The second kappa shape index (κ2) is 9.72. The third-order valence-electron chi connectivity index (χ3n) is 2.94. The molecule has 20 heavy (non-hydrogen) atoms. The summed E-state index contributed by atoms with van der Waals surface area (Å²) in [6.45, 7) is 9.47. The van der Waals surface area contributed by atoms with E-state index >= 15 is 0 Å². The van der Waals surface area contributed by atoms with Crippen molar-refractivity contribution in [1.29, 1.82) is 0 Å². The van der Waals surface area contributed by atoms with Crippen molar-refractivity contribution >= 4 is 11.8 Å². The first-order valence-corrected chi connectivity index (χ1v) is 7.09. The Balaban J connectivity index is 4.34. The van der Waals surface area contributed by atoms with Crippen molar-refractivity contribution in [3.8, 4) is 0 Å². The van der Waals surface area contributed by atoms with Crippen molar-refractivity contribution < 1.29 is 14.3 Å². The molecule has 0 heterocycles. The van der Waals surface area contributed by atoms with E-state index < -0.39 is 6.04 Å². The second-order valence-corrected chi connectivity index (χ2v) is 5.71. The highest BCUT2D eigenvalue weighted by molar-refractivity contribution is 5.87. The van der Waals surface area contributed by atoms with Gasteiger partial charge >= 0.3 is 0 Å². The second-order valence-electron chi connectivity index (χ2n) is 5.71. The molecule has 0 fully saturated rings. The number of nitrogens with two attached hydrogens (primary N) is 1. The molecule has 0 aliphatic heterocycles. The maximum Gasteiger partial charge on any atom is 0.242 e. The number of carbonyl (C=O) groups excluding carboxylic acids is 2. The average molecular weight is 287 g/mol. The van der Waals surface area contributed by atoms with Crippen LogP contribution in [0.1, 0.15) is 27.7 Å². The van der Waals surface area contributed by atoms with Gasteiger partial charge in [0.1, 0.15) is 0 Å². The minimum atomic E-state index is -0.583. The zero-order valence-corrected chi connectivity index (χ0v) is 13.3. The monoisotopic (exact) mass is 287 g/mol. The van der Waals surface area contributed by atoms with E-state index in [1.165, 1.54) is 0 Å². The zero-order chi connectivity index (χ0) is 15.7. The molecule has 0 spiro atoms. The molecular weight excluding hydrogens is 258 g/mol. The van der Waals surface area contributed by atoms with Gasteiger partial charge in [0.25, 0.3) is 0 Å². The third-order valence-corrected chi connectivity index (χ3v) is 2.94. The maximum absolute atomic E-state index is 12.1. The summed E-state index contributed by atoms with van der Waals surface area (Å²) in [6.07, 6.45) is 0. The van der Waals surface area contributed by atoms with Crippen molar-refractivity contribution in [3.63, 3.8) is 0 Å². The molecule has 0 rings (SSSR count). The fourth-order valence-electron chi connectivity index (χ4n) is 1.66. The Morgan fingerprint density at radius 3 is 2.30 bits per heavy atom. The number of methoxy groups -OCH3 is 1. The van der Waals surface area contributed by atoms with Gasteiger partial charge < -0.3 is 20.7 Å². The minimum absolute atomic E-state index is 0.0182. The zero-order valence-electron chi connectivity index (χ0n) is 13.3. The van der Waals surface area contributed by atoms with Crippen molar-refractivity contribution in [3.05, 3.63) is 0 Å². The van der Waals surface area contributed by atoms with Crippen LogP contribution in [0.15, 0.2) is 0 Å². The standard InChI is InChI=1S/C14H29N3O3/c1-10(2)9-17(6-7-20-5)12(18)8-16-14(19)13(15)11(3)4/h10-11,13H,6-9,15H2,1-5H3,(H,16,19)/t13-/m0/s1. The van der Waals surface area contributed by atoms with Crippen LogP contribution in [0.3, 0.4) is 0 Å². The number of nitrogens with zero attached hydrogens (tertiary/aromatic N) is 1. The highest BCUT2D eigenvalue weighted by Crippen LogP contribution is 2.00. The van der Waals surface area contributed by atoms with E-state index in [-0.39, 0.29) is 24.3 Å². The topological polar surface area (TPSA) is 84.7 Å². The van der Waals surface area contributed by atoms with E-state index in [0.29, 0.717) is 25.6 Å². The van der Waals surface area contributed by atoms with Gasteiger partial charge in [0.15, 0.2) is 0 Å². The van der Waals surface area contributed by atoms with Crippen LogP contribution in [0.2, 0.25) is 0 Å². The number of carbonyl (C=O) groups is 2. The lowest BCUT2D eigenvalue weighted by atomic mass is 10.1. The summed E-state index contributed by atoms with van der Waals surface area (Å²) in [4.78, 5) is 25.5. The van der Waals surface area contributed by atoms with E-state index in [9.17, 15) is 9.59 Å². The molecule has 6 heteroatoms. The predicted molar refractivity (Wildman–Crippen MR) is 79.1 cm³/mol. The fraction of sp³-hybridized carbons (Fsp3) is 0.857. The molecule has 3 N–H and O–H groups in total. The van der Waals surface area contributed by atoms with Crippen LogP contribution < -0.4 is 11.1 Å². The Kier molecular flexibility index (Phi) is 9.16. The number of ether oxygens (including phenoxy) is 1. The Hall–Kier alpha value is -1.14. The van der Waals surface area contributed by atoms with Crippen molar-refractivity contribution in [1.82, 2.24) is 10.2 Å². The first-order chi connectivity index (χ1) is 9.29. The van der Waals surface area contributed by atoms with Crippen molar-refractivity contribution in [2.24, 2.45) is 17.6 Å². The molecule has 0 aromatic heterocycles. The van der Waals surface area contributed by atoms with Crippen LogP contribution in [0.5, 0.6) is 0 Å². The van der Waals surface area contributed by atoms with Gasteiger partial charge in [-0.3, -0.25) is 9.59 Å². The maximum atomic E-state index is 12.1. The highest BCUT2D eigenvalue weighted by Gasteiger charge is 2.20. The van der Waals surface area contributed by atoms with Gasteiger partial charge in [0.05, 0.1) is 19.2 Å². The van der Waals surface area contributed by atoms with Crippen LogP contribution in [0, 0.1) is 11.8 Å². The summed E-state index contributed by atoms with van der Waals surface area (Å²) in [5.41, 5.74) is 5.73. The number of nitrogens with one attached hydrogen (secondary N) is 1. The van der Waals surface area contributed by atoms with Gasteiger partial charge in [-0.05, 0) is 11.8 Å². The molecule has 0 aliphatic carbocycles. The first kappa shape index (κ1) is 18.9. The van der Waals surface area contributed by atoms with Crippen LogP contribution >= 0.6 is 0 Å². The molecular formula is C14H29N3O3. The van der Waals surface area contributed by atoms with Gasteiger partial charge in [-0.1, -0.05) is 27.7 Å². The summed E-state index contributed by atoms with van der Waals surface area (Å²) in [6, 6.07) is -0.583. The van der Waals surface area contributed by atoms with E-state index in [4.69, 9.17) is 10.5 Å². The molecule has 118 valence electrons. The smallest absolute Gasteiger partial charge is 0.242 e. The SMILES string of the molecule is COCCN(CC(C)C)C(=O)CNC(=O)[C@@H](N)C(C)C. The van der Waals surface area contributed by atoms with E-state index in [0.717, 1.165) is 0 Å². The van der Waals surface area contributed by atoms with Gasteiger partial charge in [0, 0.05) is 20.2 Å². The first-order valence-electron chi connectivity index (χ1n) is 7.09. The Labute approximate surface area is 122 Å². The number of amides is 2. The quantitative estimate of drug-likeness (QED) is 0.635. The van der Waals surface area contributed by atoms with Gasteiger partial charge in [-0.25, -0.2) is 0 Å². The lowest BCUT2D eigenvalue weighted by Gasteiger charge is -2.25. The summed E-state index contributed by atoms with van der Waals surface area (Å²) in [7, 11) is 1.60. The van der Waals surface area contributed by atoms with Gasteiger partial charge in [-0.2, -0.15) is 0 Å². The number of hydrogen-bond acceptors (Lipinski definition) is 4. The molecule has 6 nitrogen and oxygen atoms in total. The summed E-state index contributed by atoms with van der Waals surface area (Å²) >= 11 is 0. The predicted octanol–water partition coefficient (Wildman–Crippen LogP) is 0.217. The molecule has 0 aromatic rings. The summed E-state index contributed by atoms with van der Waals surface area (Å²) in [5, 5.41) is 2.60. The Morgan fingerprint density at radius 1 is 1.25 bits per heavy atom. The molecule has 0 aromatic carbocycles. The van der Waals surface area contributed by atoms with Gasteiger partial charge in [0.2, 0.25) is 11.8 Å². The normalized spacial score (nSPS) is 12.6. The number of hydrogen-bond donors (Lipinski definition) is 2. The van der Waals surface area contributed by atoms with Crippen LogP contribution in [-0.4, -0.2) is 56.1 Å². The lowest BCUT2D eigenvalue weighted by molar-refractivity contribution is -0.134. The molecule has 0 aliphatic rings.